The molecule has 0 fully saturated rings. The largest absolute Gasteiger partial charge is 0.311 e. The van der Waals surface area contributed by atoms with Gasteiger partial charge in [-0.3, -0.25) is 4.98 Å². The van der Waals surface area contributed by atoms with Crippen LogP contribution in [0.4, 0.5) is 0 Å². The van der Waals surface area contributed by atoms with Gasteiger partial charge in [0.25, 0.3) is 0 Å². The molecule has 0 bridgehead atoms. The predicted octanol–water partition coefficient (Wildman–Crippen LogP) is 3.62. The zero-order chi connectivity index (χ0) is 12.2. The summed E-state index contributed by atoms with van der Waals surface area (Å²) in [4.78, 5) is 4.33. The first-order valence-corrected chi connectivity index (χ1v) is 6.50. The van der Waals surface area contributed by atoms with Gasteiger partial charge >= 0.3 is 0 Å². The molecule has 0 spiro atoms. The van der Waals surface area contributed by atoms with E-state index in [1.165, 1.54) is 0 Å². The molecular formula is C13H21BrN2. The van der Waals surface area contributed by atoms with Gasteiger partial charge in [-0.05, 0) is 45.9 Å². The zero-order valence-corrected chi connectivity index (χ0v) is 12.1. The highest BCUT2D eigenvalue weighted by molar-refractivity contribution is 9.10. The molecule has 16 heavy (non-hydrogen) atoms. The lowest BCUT2D eigenvalue weighted by atomic mass is 9.82. The van der Waals surface area contributed by atoms with Crippen molar-refractivity contribution in [1.29, 1.82) is 0 Å². The average molecular weight is 285 g/mol. The number of nitrogens with one attached hydrogen (secondary N) is 1. The summed E-state index contributed by atoms with van der Waals surface area (Å²) in [6, 6.07) is 4.07. The van der Waals surface area contributed by atoms with Crippen molar-refractivity contribution >= 4 is 15.9 Å². The van der Waals surface area contributed by atoms with Crippen molar-refractivity contribution in [3.8, 4) is 0 Å². The molecule has 1 N–H and O–H groups in total. The third-order valence-electron chi connectivity index (χ3n) is 3.02. The Hall–Kier alpha value is -0.410. The van der Waals surface area contributed by atoms with E-state index in [-0.39, 0.29) is 0 Å². The van der Waals surface area contributed by atoms with Crippen LogP contribution in [0.5, 0.6) is 0 Å². The average Bonchev–Trinajstić information content (AvgIpc) is 2.19. The summed E-state index contributed by atoms with van der Waals surface area (Å²) in [6.45, 7) is 11.0. The third-order valence-corrected chi connectivity index (χ3v) is 3.49. The van der Waals surface area contributed by atoms with E-state index in [9.17, 15) is 0 Å². The van der Waals surface area contributed by atoms with Crippen LogP contribution in [0.1, 0.15) is 33.4 Å². The van der Waals surface area contributed by atoms with Gasteiger partial charge in [-0.2, -0.15) is 0 Å². The van der Waals surface area contributed by atoms with Crippen molar-refractivity contribution in [3.63, 3.8) is 0 Å². The molecule has 90 valence electrons. The second kappa shape index (κ2) is 5.78. The highest BCUT2D eigenvalue weighted by Gasteiger charge is 2.19. The minimum atomic E-state index is 0.361. The standard InChI is InChI=1S/C13H21BrN2/c1-10(13(2,3)4)7-15-9-12-6-5-11(14)8-16-12/h5-6,8,10,15H,7,9H2,1-4H3. The Bertz CT molecular complexity index is 314. The van der Waals surface area contributed by atoms with Gasteiger partial charge in [-0.25, -0.2) is 0 Å². The molecular weight excluding hydrogens is 264 g/mol. The van der Waals surface area contributed by atoms with Crippen LogP contribution in [-0.2, 0) is 6.54 Å². The molecule has 0 aliphatic carbocycles. The molecule has 3 heteroatoms. The van der Waals surface area contributed by atoms with E-state index >= 15 is 0 Å². The molecule has 1 aromatic rings. The molecule has 1 rings (SSSR count). The maximum absolute atomic E-state index is 4.33. The van der Waals surface area contributed by atoms with Crippen molar-refractivity contribution in [2.75, 3.05) is 6.54 Å². The summed E-state index contributed by atoms with van der Waals surface area (Å²) in [6.07, 6.45) is 1.84. The first-order chi connectivity index (χ1) is 7.39. The maximum atomic E-state index is 4.33. The van der Waals surface area contributed by atoms with Crippen LogP contribution in [0.15, 0.2) is 22.8 Å². The first-order valence-electron chi connectivity index (χ1n) is 5.71. The Labute approximate surface area is 107 Å². The fraction of sp³-hybridized carbons (Fsp3) is 0.615. The van der Waals surface area contributed by atoms with Crippen LogP contribution in [0, 0.1) is 11.3 Å². The van der Waals surface area contributed by atoms with Crippen LogP contribution in [0.3, 0.4) is 0 Å². The quantitative estimate of drug-likeness (QED) is 0.914. The van der Waals surface area contributed by atoms with Gasteiger partial charge in [0.05, 0.1) is 5.69 Å². The van der Waals surface area contributed by atoms with Crippen molar-refractivity contribution in [3.05, 3.63) is 28.5 Å². The Kier molecular flexibility index (Phi) is 4.93. The molecule has 0 aliphatic rings. The Morgan fingerprint density at radius 3 is 2.56 bits per heavy atom. The lowest BCUT2D eigenvalue weighted by molar-refractivity contribution is 0.252. The second-order valence-electron chi connectivity index (χ2n) is 5.37. The zero-order valence-electron chi connectivity index (χ0n) is 10.5. The van der Waals surface area contributed by atoms with Crippen molar-refractivity contribution in [1.82, 2.24) is 10.3 Å². The molecule has 1 heterocycles. The summed E-state index contributed by atoms with van der Waals surface area (Å²) in [5.74, 6) is 0.656. The van der Waals surface area contributed by atoms with Gasteiger partial charge in [0.1, 0.15) is 0 Å². The van der Waals surface area contributed by atoms with Gasteiger partial charge in [-0.1, -0.05) is 27.7 Å². The number of halogens is 1. The number of hydrogen-bond donors (Lipinski definition) is 1. The van der Waals surface area contributed by atoms with E-state index in [1.807, 2.05) is 18.3 Å². The van der Waals surface area contributed by atoms with Crippen molar-refractivity contribution < 1.29 is 0 Å². The van der Waals surface area contributed by atoms with E-state index < -0.39 is 0 Å². The van der Waals surface area contributed by atoms with Gasteiger partial charge in [0, 0.05) is 17.2 Å². The maximum Gasteiger partial charge on any atom is 0.0542 e. The summed E-state index contributed by atoms with van der Waals surface area (Å²) < 4.78 is 1.03. The fourth-order valence-electron chi connectivity index (χ4n) is 1.23. The van der Waals surface area contributed by atoms with Gasteiger partial charge in [0.2, 0.25) is 0 Å². The van der Waals surface area contributed by atoms with Crippen LogP contribution >= 0.6 is 15.9 Å². The van der Waals surface area contributed by atoms with Gasteiger partial charge < -0.3 is 5.32 Å². The molecule has 1 aromatic heterocycles. The lowest BCUT2D eigenvalue weighted by Crippen LogP contribution is -2.29. The highest BCUT2D eigenvalue weighted by atomic mass is 79.9. The van der Waals surface area contributed by atoms with Crippen molar-refractivity contribution in [2.45, 2.75) is 34.2 Å². The predicted molar refractivity (Wildman–Crippen MR) is 72.3 cm³/mol. The molecule has 0 aliphatic heterocycles. The third kappa shape index (κ3) is 4.62. The topological polar surface area (TPSA) is 24.9 Å². The van der Waals surface area contributed by atoms with Gasteiger partial charge in [0.15, 0.2) is 0 Å². The van der Waals surface area contributed by atoms with E-state index in [0.29, 0.717) is 11.3 Å². The van der Waals surface area contributed by atoms with Gasteiger partial charge in [-0.15, -0.1) is 0 Å². The minimum absolute atomic E-state index is 0.361. The number of nitrogens with zero attached hydrogens (tertiary/aromatic N) is 1. The summed E-state index contributed by atoms with van der Waals surface area (Å²) >= 11 is 3.38. The first kappa shape index (κ1) is 13.7. The highest BCUT2D eigenvalue weighted by Crippen LogP contribution is 2.24. The number of pyridine rings is 1. The van der Waals surface area contributed by atoms with E-state index in [2.05, 4.69) is 53.9 Å². The van der Waals surface area contributed by atoms with Crippen molar-refractivity contribution in [2.24, 2.45) is 11.3 Å². The van der Waals surface area contributed by atoms with Crippen LogP contribution in [0.25, 0.3) is 0 Å². The lowest BCUT2D eigenvalue weighted by Gasteiger charge is -2.27. The van der Waals surface area contributed by atoms with Crippen LogP contribution in [-0.4, -0.2) is 11.5 Å². The normalized spacial score (nSPS) is 13.8. The summed E-state index contributed by atoms with van der Waals surface area (Å²) in [5, 5.41) is 3.45. The van der Waals surface area contributed by atoms with E-state index in [1.54, 1.807) is 0 Å². The molecule has 0 amide bonds. The summed E-state index contributed by atoms with van der Waals surface area (Å²) in [7, 11) is 0. The summed E-state index contributed by atoms with van der Waals surface area (Å²) in [5.41, 5.74) is 1.45. The van der Waals surface area contributed by atoms with Crippen LogP contribution in [0.2, 0.25) is 0 Å². The van der Waals surface area contributed by atoms with Crippen LogP contribution < -0.4 is 5.32 Å². The molecule has 1 unspecified atom stereocenters. The number of aromatic nitrogens is 1. The number of hydrogen-bond acceptors (Lipinski definition) is 2. The fourth-order valence-corrected chi connectivity index (χ4v) is 1.47. The Morgan fingerprint density at radius 1 is 1.38 bits per heavy atom. The SMILES string of the molecule is CC(CNCc1ccc(Br)cn1)C(C)(C)C. The molecule has 2 nitrogen and oxygen atoms in total. The molecule has 1 atom stereocenters. The minimum Gasteiger partial charge on any atom is -0.311 e. The second-order valence-corrected chi connectivity index (χ2v) is 6.28. The monoisotopic (exact) mass is 284 g/mol. The molecule has 0 saturated heterocycles. The van der Waals surface area contributed by atoms with E-state index in [0.717, 1.165) is 23.3 Å². The number of rotatable bonds is 4. The smallest absolute Gasteiger partial charge is 0.0542 e. The Balaban J connectivity index is 2.33. The Morgan fingerprint density at radius 2 is 2.06 bits per heavy atom. The molecule has 0 aromatic carbocycles. The molecule has 0 radical (unpaired) electrons. The molecule has 0 saturated carbocycles. The van der Waals surface area contributed by atoms with E-state index in [4.69, 9.17) is 0 Å².